The molecule has 3 rings (SSSR count). The van der Waals surface area contributed by atoms with Crippen LogP contribution < -0.4 is 0 Å². The van der Waals surface area contributed by atoms with Gasteiger partial charge in [-0.3, -0.25) is 4.21 Å². The summed E-state index contributed by atoms with van der Waals surface area (Å²) in [5.41, 5.74) is 2.91. The van der Waals surface area contributed by atoms with Crippen molar-refractivity contribution in [1.82, 2.24) is 10.1 Å². The predicted molar refractivity (Wildman–Crippen MR) is 91.5 cm³/mol. The zero-order valence-corrected chi connectivity index (χ0v) is 14.1. The van der Waals surface area contributed by atoms with Gasteiger partial charge in [-0.05, 0) is 30.2 Å². The Morgan fingerprint density at radius 1 is 1.13 bits per heavy atom. The minimum absolute atomic E-state index is 0.228. The van der Waals surface area contributed by atoms with Gasteiger partial charge in [0.05, 0.1) is 0 Å². The highest BCUT2D eigenvalue weighted by Crippen LogP contribution is 2.20. The average Bonchev–Trinajstić information content (AvgIpc) is 2.95. The molecule has 0 spiro atoms. The molecule has 1 unspecified atom stereocenters. The highest BCUT2D eigenvalue weighted by molar-refractivity contribution is 7.83. The summed E-state index contributed by atoms with van der Waals surface area (Å²) in [5, 5.41) is 4.62. The first-order valence-corrected chi connectivity index (χ1v) is 8.96. The molecule has 1 heterocycles. The molecule has 0 N–H and O–H groups in total. The molecule has 0 aliphatic carbocycles. The highest BCUT2D eigenvalue weighted by Gasteiger charge is 2.13. The molecule has 0 radical (unpaired) electrons. The van der Waals surface area contributed by atoms with Crippen LogP contribution in [0.5, 0.6) is 0 Å². The van der Waals surface area contributed by atoms with Crippen LogP contribution in [0.1, 0.15) is 17.0 Å². The Morgan fingerprint density at radius 2 is 1.96 bits per heavy atom. The molecule has 1 aromatic heterocycles. The third-order valence-electron chi connectivity index (χ3n) is 3.36. The number of halogens is 1. The number of benzene rings is 2. The van der Waals surface area contributed by atoms with E-state index in [1.54, 1.807) is 6.07 Å². The lowest BCUT2D eigenvalue weighted by Gasteiger charge is -2.00. The fourth-order valence-electron chi connectivity index (χ4n) is 2.25. The Labute approximate surface area is 142 Å². The van der Waals surface area contributed by atoms with Gasteiger partial charge < -0.3 is 4.52 Å². The first-order chi connectivity index (χ1) is 11.1. The monoisotopic (exact) mass is 346 g/mol. The number of aryl methyl sites for hydroxylation is 1. The van der Waals surface area contributed by atoms with E-state index in [0.717, 1.165) is 16.7 Å². The van der Waals surface area contributed by atoms with Gasteiger partial charge in [-0.1, -0.05) is 53.2 Å². The summed E-state index contributed by atoms with van der Waals surface area (Å²) >= 11 is 5.93. The second kappa shape index (κ2) is 7.06. The molecule has 2 aromatic carbocycles. The van der Waals surface area contributed by atoms with Crippen LogP contribution in [0.25, 0.3) is 11.4 Å². The van der Waals surface area contributed by atoms with E-state index in [9.17, 15) is 4.21 Å². The Balaban J connectivity index is 1.69. The topological polar surface area (TPSA) is 56.0 Å². The third-order valence-corrected chi connectivity index (χ3v) is 4.81. The van der Waals surface area contributed by atoms with Gasteiger partial charge in [0.2, 0.25) is 11.7 Å². The number of rotatable bonds is 5. The van der Waals surface area contributed by atoms with Crippen molar-refractivity contribution in [2.24, 2.45) is 0 Å². The summed E-state index contributed by atoms with van der Waals surface area (Å²) in [6, 6.07) is 15.2. The van der Waals surface area contributed by atoms with Gasteiger partial charge in [0.15, 0.2) is 0 Å². The van der Waals surface area contributed by atoms with E-state index in [4.69, 9.17) is 16.1 Å². The first kappa shape index (κ1) is 15.9. The van der Waals surface area contributed by atoms with E-state index in [1.807, 2.05) is 49.4 Å². The molecule has 0 aliphatic heterocycles. The van der Waals surface area contributed by atoms with Gasteiger partial charge in [-0.15, -0.1) is 0 Å². The third kappa shape index (κ3) is 4.06. The Bertz CT molecular complexity index is 848. The maximum Gasteiger partial charge on any atom is 0.239 e. The minimum atomic E-state index is -1.13. The fraction of sp³-hybridized carbons (Fsp3) is 0.176. The van der Waals surface area contributed by atoms with Crippen molar-refractivity contribution in [2.75, 3.05) is 0 Å². The van der Waals surface area contributed by atoms with Gasteiger partial charge in [0.25, 0.3) is 0 Å². The smallest absolute Gasteiger partial charge is 0.239 e. The summed E-state index contributed by atoms with van der Waals surface area (Å²) in [7, 11) is -1.13. The number of aromatic nitrogens is 2. The molecule has 0 saturated heterocycles. The van der Waals surface area contributed by atoms with Crippen LogP contribution in [0.15, 0.2) is 53.1 Å². The Hall–Kier alpha value is -1.98. The van der Waals surface area contributed by atoms with Crippen LogP contribution in [0.2, 0.25) is 5.02 Å². The summed E-state index contributed by atoms with van der Waals surface area (Å²) in [4.78, 5) is 4.34. The molecular formula is C17H15ClN2O2S. The van der Waals surface area contributed by atoms with Crippen LogP contribution >= 0.6 is 11.6 Å². The maximum absolute atomic E-state index is 12.2. The zero-order valence-electron chi connectivity index (χ0n) is 12.5. The Morgan fingerprint density at radius 3 is 2.74 bits per heavy atom. The normalized spacial score (nSPS) is 12.3. The van der Waals surface area contributed by atoms with E-state index >= 15 is 0 Å². The second-order valence-corrected chi connectivity index (χ2v) is 7.08. The van der Waals surface area contributed by atoms with Crippen molar-refractivity contribution < 1.29 is 8.73 Å². The van der Waals surface area contributed by atoms with Gasteiger partial charge in [-0.2, -0.15) is 4.98 Å². The molecule has 0 saturated carbocycles. The van der Waals surface area contributed by atoms with Crippen LogP contribution in [0.4, 0.5) is 0 Å². The standard InChI is InChI=1S/C17H15ClN2O2S/c1-12-5-2-3-8-15(12)17-19-16(22-20-17)11-23(21)10-13-6-4-7-14(18)9-13/h2-9H,10-11H2,1H3. The lowest BCUT2D eigenvalue weighted by molar-refractivity contribution is 0.390. The van der Waals surface area contributed by atoms with Crippen molar-refractivity contribution in [3.63, 3.8) is 0 Å². The lowest BCUT2D eigenvalue weighted by atomic mass is 10.1. The largest absolute Gasteiger partial charge is 0.338 e. The molecule has 0 bridgehead atoms. The van der Waals surface area contributed by atoms with Crippen molar-refractivity contribution >= 4 is 22.4 Å². The van der Waals surface area contributed by atoms with Gasteiger partial charge in [0, 0.05) is 27.1 Å². The molecule has 0 fully saturated rings. The lowest BCUT2D eigenvalue weighted by Crippen LogP contribution is -2.00. The summed E-state index contributed by atoms with van der Waals surface area (Å²) in [5.74, 6) is 1.54. The average molecular weight is 347 g/mol. The molecular weight excluding hydrogens is 332 g/mol. The molecule has 3 aromatic rings. The van der Waals surface area contributed by atoms with Crippen molar-refractivity contribution in [3.05, 3.63) is 70.6 Å². The molecule has 0 aliphatic rings. The van der Waals surface area contributed by atoms with Crippen molar-refractivity contribution in [2.45, 2.75) is 18.4 Å². The first-order valence-electron chi connectivity index (χ1n) is 7.10. The number of hydrogen-bond donors (Lipinski definition) is 0. The van der Waals surface area contributed by atoms with Crippen LogP contribution in [-0.4, -0.2) is 14.3 Å². The highest BCUT2D eigenvalue weighted by atomic mass is 35.5. The number of hydrogen-bond acceptors (Lipinski definition) is 4. The van der Waals surface area contributed by atoms with Gasteiger partial charge >= 0.3 is 0 Å². The molecule has 118 valence electrons. The van der Waals surface area contributed by atoms with E-state index in [-0.39, 0.29) is 5.75 Å². The zero-order chi connectivity index (χ0) is 16.2. The predicted octanol–water partition coefficient (Wildman–Crippen LogP) is 4.15. The molecule has 0 amide bonds. The summed E-state index contributed by atoms with van der Waals surface area (Å²) < 4.78 is 17.5. The second-order valence-electron chi connectivity index (χ2n) is 5.19. The van der Waals surface area contributed by atoms with Gasteiger partial charge in [0.1, 0.15) is 5.75 Å². The van der Waals surface area contributed by atoms with E-state index in [2.05, 4.69) is 10.1 Å². The van der Waals surface area contributed by atoms with Crippen LogP contribution in [0, 0.1) is 6.92 Å². The molecule has 1 atom stereocenters. The van der Waals surface area contributed by atoms with E-state index in [1.165, 1.54) is 0 Å². The van der Waals surface area contributed by atoms with Gasteiger partial charge in [-0.25, -0.2) is 0 Å². The van der Waals surface area contributed by atoms with E-state index < -0.39 is 10.8 Å². The number of nitrogens with zero attached hydrogens (tertiary/aromatic N) is 2. The van der Waals surface area contributed by atoms with Crippen molar-refractivity contribution in [3.8, 4) is 11.4 Å². The quantitative estimate of drug-likeness (QED) is 0.696. The van der Waals surface area contributed by atoms with E-state index in [0.29, 0.717) is 22.5 Å². The minimum Gasteiger partial charge on any atom is -0.338 e. The molecule has 4 nitrogen and oxygen atoms in total. The Kier molecular flexibility index (Phi) is 4.88. The van der Waals surface area contributed by atoms with Crippen LogP contribution in [0.3, 0.4) is 0 Å². The maximum atomic E-state index is 12.2. The molecule has 23 heavy (non-hydrogen) atoms. The molecule has 6 heteroatoms. The van der Waals surface area contributed by atoms with Crippen LogP contribution in [-0.2, 0) is 22.3 Å². The summed E-state index contributed by atoms with van der Waals surface area (Å²) in [6.07, 6.45) is 0. The fourth-order valence-corrected chi connectivity index (χ4v) is 3.51. The SMILES string of the molecule is Cc1ccccc1-c1noc(CS(=O)Cc2cccc(Cl)c2)n1. The van der Waals surface area contributed by atoms with Crippen molar-refractivity contribution in [1.29, 1.82) is 0 Å². The summed E-state index contributed by atoms with van der Waals surface area (Å²) in [6.45, 7) is 1.99.